The van der Waals surface area contributed by atoms with Crippen molar-refractivity contribution in [3.05, 3.63) is 28.8 Å². The molecule has 1 aliphatic rings. The summed E-state index contributed by atoms with van der Waals surface area (Å²) in [5.41, 5.74) is -1.24. The Labute approximate surface area is 150 Å². The molecule has 0 saturated carbocycles. The summed E-state index contributed by atoms with van der Waals surface area (Å²) < 4.78 is 45.0. The largest absolute Gasteiger partial charge is 0.418 e. The van der Waals surface area contributed by atoms with E-state index in [0.717, 1.165) is 18.9 Å². The van der Waals surface area contributed by atoms with Crippen LogP contribution in [0, 0.1) is 0 Å². The third-order valence-corrected chi connectivity index (χ3v) is 4.52. The van der Waals surface area contributed by atoms with Gasteiger partial charge in [0, 0.05) is 18.2 Å². The molecule has 2 atom stereocenters. The minimum Gasteiger partial charge on any atom is -0.377 e. The molecule has 1 aromatic rings. The Balaban J connectivity index is 2.09. The van der Waals surface area contributed by atoms with Crippen molar-refractivity contribution in [2.75, 3.05) is 25.0 Å². The maximum absolute atomic E-state index is 13.1. The van der Waals surface area contributed by atoms with Crippen molar-refractivity contribution >= 4 is 23.2 Å². The molecule has 2 unspecified atom stereocenters. The van der Waals surface area contributed by atoms with Crippen molar-refractivity contribution in [1.82, 2.24) is 4.90 Å². The van der Waals surface area contributed by atoms with Crippen molar-refractivity contribution in [3.8, 4) is 0 Å². The van der Waals surface area contributed by atoms with E-state index in [0.29, 0.717) is 19.7 Å². The number of halogens is 4. The average Bonchev–Trinajstić information content (AvgIpc) is 2.55. The van der Waals surface area contributed by atoms with Crippen molar-refractivity contribution in [3.63, 3.8) is 0 Å². The summed E-state index contributed by atoms with van der Waals surface area (Å²) in [6.07, 6.45) is -2.73. The number of nitrogens with zero attached hydrogens (tertiary/aromatic N) is 1. The van der Waals surface area contributed by atoms with Gasteiger partial charge in [-0.05, 0) is 51.4 Å². The second-order valence-electron chi connectivity index (χ2n) is 6.07. The molecule has 1 saturated heterocycles. The molecule has 8 heteroatoms. The van der Waals surface area contributed by atoms with Crippen LogP contribution in [-0.4, -0.2) is 42.6 Å². The lowest BCUT2D eigenvalue weighted by molar-refractivity contribution is -0.137. The van der Waals surface area contributed by atoms with Gasteiger partial charge in [0.2, 0.25) is 5.91 Å². The summed E-state index contributed by atoms with van der Waals surface area (Å²) in [6, 6.07) is 2.76. The van der Waals surface area contributed by atoms with E-state index < -0.39 is 23.7 Å². The molecule has 0 bridgehead atoms. The number of likely N-dealkylation sites (tertiary alicyclic amines) is 1. The number of hydrogen-bond donors (Lipinski definition) is 1. The third-order valence-electron chi connectivity index (χ3n) is 4.28. The highest BCUT2D eigenvalue weighted by atomic mass is 35.5. The molecule has 1 amide bonds. The predicted molar refractivity (Wildman–Crippen MR) is 90.8 cm³/mol. The first-order valence-electron chi connectivity index (χ1n) is 8.25. The number of nitrogens with one attached hydrogen (secondary N) is 1. The lowest BCUT2D eigenvalue weighted by Gasteiger charge is -2.35. The molecule has 140 valence electrons. The van der Waals surface area contributed by atoms with E-state index in [9.17, 15) is 18.0 Å². The van der Waals surface area contributed by atoms with E-state index in [1.807, 2.05) is 11.8 Å². The van der Waals surface area contributed by atoms with E-state index in [1.165, 1.54) is 12.1 Å². The monoisotopic (exact) mass is 378 g/mol. The fraction of sp³-hybridized carbons (Fsp3) is 0.588. The molecule has 0 aromatic heterocycles. The average molecular weight is 379 g/mol. The summed E-state index contributed by atoms with van der Waals surface area (Å²) in [5, 5.41) is 2.35. The molecular formula is C17H22ClF3N2O2. The van der Waals surface area contributed by atoms with Crippen LogP contribution in [-0.2, 0) is 15.7 Å². The number of rotatable bonds is 5. The standard InChI is InChI=1S/C17H22ClF3N2O2/c1-3-25-13-5-4-8-23(10-13)11(2)16(24)22-15-7-6-12(18)9-14(15)17(19,20)21/h6-7,9,11,13H,3-5,8,10H2,1-2H3,(H,22,24). The molecule has 1 aromatic carbocycles. The lowest BCUT2D eigenvalue weighted by atomic mass is 10.1. The van der Waals surface area contributed by atoms with Gasteiger partial charge >= 0.3 is 6.18 Å². The molecule has 2 rings (SSSR count). The van der Waals surface area contributed by atoms with Crippen molar-refractivity contribution in [2.45, 2.75) is 45.0 Å². The smallest absolute Gasteiger partial charge is 0.377 e. The van der Waals surface area contributed by atoms with Gasteiger partial charge in [-0.25, -0.2) is 0 Å². The Hall–Kier alpha value is -1.31. The molecule has 0 radical (unpaired) electrons. The fourth-order valence-corrected chi connectivity index (χ4v) is 3.12. The minimum absolute atomic E-state index is 0.0334. The first-order valence-corrected chi connectivity index (χ1v) is 8.63. The molecule has 1 aliphatic heterocycles. The van der Waals surface area contributed by atoms with Crippen molar-refractivity contribution < 1.29 is 22.7 Å². The van der Waals surface area contributed by atoms with Gasteiger partial charge in [0.25, 0.3) is 0 Å². The van der Waals surface area contributed by atoms with Crippen LogP contribution in [0.1, 0.15) is 32.3 Å². The Morgan fingerprint density at radius 2 is 2.20 bits per heavy atom. The van der Waals surface area contributed by atoms with Crippen LogP contribution in [0.2, 0.25) is 5.02 Å². The lowest BCUT2D eigenvalue weighted by Crippen LogP contribution is -2.49. The Kier molecular flexibility index (Phi) is 6.71. The zero-order valence-electron chi connectivity index (χ0n) is 14.2. The highest BCUT2D eigenvalue weighted by Gasteiger charge is 2.35. The van der Waals surface area contributed by atoms with E-state index in [4.69, 9.17) is 16.3 Å². The van der Waals surface area contributed by atoms with Gasteiger partial charge in [-0.15, -0.1) is 0 Å². The number of ether oxygens (including phenoxy) is 1. The Bertz CT molecular complexity index is 608. The van der Waals surface area contributed by atoms with Crippen LogP contribution in [0.15, 0.2) is 18.2 Å². The number of amides is 1. The number of carbonyl (C=O) groups excluding carboxylic acids is 1. The highest BCUT2D eigenvalue weighted by molar-refractivity contribution is 6.30. The third kappa shape index (κ3) is 5.33. The minimum atomic E-state index is -4.60. The van der Waals surface area contributed by atoms with Crippen molar-refractivity contribution in [2.24, 2.45) is 0 Å². The topological polar surface area (TPSA) is 41.6 Å². The first kappa shape index (κ1) is 20.0. The zero-order valence-corrected chi connectivity index (χ0v) is 15.0. The Morgan fingerprint density at radius 3 is 2.84 bits per heavy atom. The number of benzene rings is 1. The van der Waals surface area contributed by atoms with Crippen LogP contribution in [0.25, 0.3) is 0 Å². The second-order valence-corrected chi connectivity index (χ2v) is 6.50. The van der Waals surface area contributed by atoms with E-state index >= 15 is 0 Å². The second kappa shape index (κ2) is 8.38. The molecule has 0 aliphatic carbocycles. The van der Waals surface area contributed by atoms with Gasteiger partial charge in [-0.2, -0.15) is 13.2 Å². The quantitative estimate of drug-likeness (QED) is 0.835. The van der Waals surface area contributed by atoms with E-state index in [2.05, 4.69) is 5.32 Å². The number of carbonyl (C=O) groups is 1. The molecule has 1 fully saturated rings. The normalized spacial score (nSPS) is 20.3. The summed E-state index contributed by atoms with van der Waals surface area (Å²) in [7, 11) is 0. The highest BCUT2D eigenvalue weighted by Crippen LogP contribution is 2.36. The number of anilines is 1. The van der Waals surface area contributed by atoms with Crippen LogP contribution in [0.3, 0.4) is 0 Å². The molecule has 25 heavy (non-hydrogen) atoms. The first-order chi connectivity index (χ1) is 11.7. The molecule has 1 N–H and O–H groups in total. The molecule has 0 spiro atoms. The van der Waals surface area contributed by atoms with Gasteiger partial charge in [0.05, 0.1) is 23.4 Å². The van der Waals surface area contributed by atoms with Gasteiger partial charge in [0.15, 0.2) is 0 Å². The SMILES string of the molecule is CCOC1CCCN(C(C)C(=O)Nc2ccc(Cl)cc2C(F)(F)F)C1. The van der Waals surface area contributed by atoms with Gasteiger partial charge in [-0.3, -0.25) is 9.69 Å². The van der Waals surface area contributed by atoms with Crippen LogP contribution < -0.4 is 5.32 Å². The molecule has 1 heterocycles. The van der Waals surface area contributed by atoms with Crippen LogP contribution in [0.4, 0.5) is 18.9 Å². The van der Waals surface area contributed by atoms with Gasteiger partial charge in [-0.1, -0.05) is 11.6 Å². The maximum Gasteiger partial charge on any atom is 0.418 e. The van der Waals surface area contributed by atoms with Crippen molar-refractivity contribution in [1.29, 1.82) is 0 Å². The van der Waals surface area contributed by atoms with E-state index in [1.54, 1.807) is 6.92 Å². The summed E-state index contributed by atoms with van der Waals surface area (Å²) >= 11 is 5.65. The number of piperidine rings is 1. The van der Waals surface area contributed by atoms with Crippen LogP contribution in [0.5, 0.6) is 0 Å². The number of hydrogen-bond acceptors (Lipinski definition) is 3. The van der Waals surface area contributed by atoms with E-state index in [-0.39, 0.29) is 16.8 Å². The number of alkyl halides is 3. The summed E-state index contributed by atoms with van der Waals surface area (Å²) in [4.78, 5) is 14.4. The Morgan fingerprint density at radius 1 is 1.48 bits per heavy atom. The molecular weight excluding hydrogens is 357 g/mol. The van der Waals surface area contributed by atoms with Gasteiger partial charge < -0.3 is 10.1 Å². The maximum atomic E-state index is 13.1. The zero-order chi connectivity index (χ0) is 18.6. The summed E-state index contributed by atoms with van der Waals surface area (Å²) in [5.74, 6) is -0.482. The van der Waals surface area contributed by atoms with Gasteiger partial charge in [0.1, 0.15) is 0 Å². The molecule has 4 nitrogen and oxygen atoms in total. The predicted octanol–water partition coefficient (Wildman–Crippen LogP) is 4.19. The summed E-state index contributed by atoms with van der Waals surface area (Å²) in [6.45, 7) is 5.50. The fourth-order valence-electron chi connectivity index (χ4n) is 2.95. The van der Waals surface area contributed by atoms with Crippen LogP contribution >= 0.6 is 11.6 Å².